The second-order valence-corrected chi connectivity index (χ2v) is 6.57. The lowest BCUT2D eigenvalue weighted by Gasteiger charge is -2.27. The Kier molecular flexibility index (Phi) is 4.61. The molecular weight excluding hydrogens is 290 g/mol. The largest absolute Gasteiger partial charge is 0.310 e. The summed E-state index contributed by atoms with van der Waals surface area (Å²) in [7, 11) is 0. The fourth-order valence-corrected chi connectivity index (χ4v) is 3.02. The van der Waals surface area contributed by atoms with Crippen molar-refractivity contribution in [2.75, 3.05) is 6.54 Å². The molecule has 124 valence electrons. The molecule has 0 saturated carbocycles. The summed E-state index contributed by atoms with van der Waals surface area (Å²) in [5.41, 5.74) is 3.02. The fourth-order valence-electron chi connectivity index (χ4n) is 3.02. The van der Waals surface area contributed by atoms with Crippen LogP contribution in [-0.4, -0.2) is 31.2 Å². The van der Waals surface area contributed by atoms with Crippen LogP contribution in [0.2, 0.25) is 0 Å². The minimum absolute atomic E-state index is 0.0287. The summed E-state index contributed by atoms with van der Waals surface area (Å²) in [6, 6.07) is 0.370. The van der Waals surface area contributed by atoms with Crippen LogP contribution in [0.1, 0.15) is 55.9 Å². The molecule has 0 radical (unpaired) electrons. The van der Waals surface area contributed by atoms with Gasteiger partial charge in [-0.3, -0.25) is 14.4 Å². The van der Waals surface area contributed by atoms with Gasteiger partial charge in [0.15, 0.2) is 0 Å². The Bertz CT molecular complexity index is 731. The van der Waals surface area contributed by atoms with Crippen molar-refractivity contribution >= 4 is 0 Å². The summed E-state index contributed by atoms with van der Waals surface area (Å²) in [5, 5.41) is 4.38. The van der Waals surface area contributed by atoms with E-state index in [0.29, 0.717) is 12.6 Å². The first-order valence-electron chi connectivity index (χ1n) is 8.43. The molecule has 6 heteroatoms. The third kappa shape index (κ3) is 3.52. The van der Waals surface area contributed by atoms with E-state index in [9.17, 15) is 4.79 Å². The highest BCUT2D eigenvalue weighted by atomic mass is 16.1. The summed E-state index contributed by atoms with van der Waals surface area (Å²) in [6.45, 7) is 8.75. The Hall–Kier alpha value is -1.95. The van der Waals surface area contributed by atoms with Gasteiger partial charge in [0, 0.05) is 50.3 Å². The monoisotopic (exact) mass is 315 g/mol. The third-order valence-electron chi connectivity index (χ3n) is 4.27. The van der Waals surface area contributed by atoms with Crippen LogP contribution in [0.3, 0.4) is 0 Å². The molecule has 1 aliphatic heterocycles. The number of nitrogens with zero attached hydrogens (tertiary/aromatic N) is 4. The maximum absolute atomic E-state index is 12.3. The van der Waals surface area contributed by atoms with Crippen molar-refractivity contribution in [2.45, 2.75) is 59.2 Å². The average molecular weight is 315 g/mol. The number of nitrogens with one attached hydrogen (secondary N) is 1. The molecule has 0 saturated heterocycles. The molecule has 3 heterocycles. The van der Waals surface area contributed by atoms with Crippen molar-refractivity contribution in [1.82, 2.24) is 24.6 Å². The van der Waals surface area contributed by atoms with Gasteiger partial charge in [0.25, 0.3) is 5.56 Å². The number of aromatic nitrogens is 4. The lowest BCUT2D eigenvalue weighted by atomic mass is 10.1. The molecule has 0 bridgehead atoms. The van der Waals surface area contributed by atoms with Gasteiger partial charge in [0.2, 0.25) is 0 Å². The molecule has 2 aromatic heterocycles. The van der Waals surface area contributed by atoms with Gasteiger partial charge < -0.3 is 4.98 Å². The van der Waals surface area contributed by atoms with Crippen LogP contribution < -0.4 is 5.56 Å². The first kappa shape index (κ1) is 15.9. The van der Waals surface area contributed by atoms with E-state index >= 15 is 0 Å². The van der Waals surface area contributed by atoms with E-state index in [0.717, 1.165) is 49.4 Å². The van der Waals surface area contributed by atoms with Gasteiger partial charge in [0.1, 0.15) is 5.82 Å². The minimum Gasteiger partial charge on any atom is -0.310 e. The van der Waals surface area contributed by atoms with Gasteiger partial charge >= 0.3 is 0 Å². The van der Waals surface area contributed by atoms with Gasteiger partial charge in [-0.2, -0.15) is 5.10 Å². The first-order chi connectivity index (χ1) is 11.1. The van der Waals surface area contributed by atoms with Crippen molar-refractivity contribution in [3.8, 4) is 0 Å². The zero-order valence-corrected chi connectivity index (χ0v) is 14.2. The van der Waals surface area contributed by atoms with Crippen molar-refractivity contribution < 1.29 is 0 Å². The van der Waals surface area contributed by atoms with E-state index in [1.54, 1.807) is 0 Å². The summed E-state index contributed by atoms with van der Waals surface area (Å²) in [5.74, 6) is 0.822. The van der Waals surface area contributed by atoms with Crippen molar-refractivity contribution in [1.29, 1.82) is 0 Å². The highest BCUT2D eigenvalue weighted by molar-refractivity contribution is 5.21. The quantitative estimate of drug-likeness (QED) is 0.917. The Balaban J connectivity index is 1.73. The number of rotatable bonds is 5. The lowest BCUT2D eigenvalue weighted by molar-refractivity contribution is 0.241. The van der Waals surface area contributed by atoms with Gasteiger partial charge in [-0.25, -0.2) is 4.98 Å². The Labute approximate surface area is 136 Å². The summed E-state index contributed by atoms with van der Waals surface area (Å²) in [6.07, 6.45) is 6.68. The van der Waals surface area contributed by atoms with Crippen LogP contribution in [0.25, 0.3) is 0 Å². The summed E-state index contributed by atoms with van der Waals surface area (Å²) < 4.78 is 1.97. The minimum atomic E-state index is 0.0287. The maximum Gasteiger partial charge on any atom is 0.255 e. The zero-order valence-electron chi connectivity index (χ0n) is 14.2. The SMILES string of the molecule is CCCc1nc2c(c(=O)[nH]1)CN(Cc1cnn(C(C)C)c1)CC2. The smallest absolute Gasteiger partial charge is 0.255 e. The molecule has 6 nitrogen and oxygen atoms in total. The number of H-pyrrole nitrogens is 1. The lowest BCUT2D eigenvalue weighted by Crippen LogP contribution is -2.35. The van der Waals surface area contributed by atoms with Crippen molar-refractivity contribution in [3.63, 3.8) is 0 Å². The van der Waals surface area contributed by atoms with E-state index in [-0.39, 0.29) is 5.56 Å². The van der Waals surface area contributed by atoms with Crippen LogP contribution in [0.4, 0.5) is 0 Å². The third-order valence-corrected chi connectivity index (χ3v) is 4.27. The Morgan fingerprint density at radius 3 is 2.91 bits per heavy atom. The maximum atomic E-state index is 12.3. The number of hydrogen-bond donors (Lipinski definition) is 1. The molecule has 0 aliphatic carbocycles. The van der Waals surface area contributed by atoms with Gasteiger partial charge in [-0.1, -0.05) is 6.92 Å². The van der Waals surface area contributed by atoms with E-state index in [1.165, 1.54) is 5.56 Å². The topological polar surface area (TPSA) is 66.8 Å². The first-order valence-corrected chi connectivity index (χ1v) is 8.43. The predicted octanol–water partition coefficient (Wildman–Crippen LogP) is 2.06. The second-order valence-electron chi connectivity index (χ2n) is 6.57. The molecule has 0 fully saturated rings. The molecular formula is C17H25N5O. The number of fused-ring (bicyclic) bond motifs is 1. The standard InChI is InChI=1S/C17H25N5O/c1-4-5-16-19-15-6-7-21(11-14(15)17(23)20-16)9-13-8-18-22(10-13)12(2)3/h8,10,12H,4-7,9,11H2,1-3H3,(H,19,20,23). The Morgan fingerprint density at radius 1 is 1.39 bits per heavy atom. The molecule has 0 amide bonds. The van der Waals surface area contributed by atoms with Crippen LogP contribution in [-0.2, 0) is 25.9 Å². The zero-order chi connectivity index (χ0) is 16.4. The van der Waals surface area contributed by atoms with Crippen LogP contribution >= 0.6 is 0 Å². The molecule has 23 heavy (non-hydrogen) atoms. The summed E-state index contributed by atoms with van der Waals surface area (Å²) in [4.78, 5) is 22.2. The van der Waals surface area contributed by atoms with Crippen LogP contribution in [0, 0.1) is 0 Å². The molecule has 0 aromatic carbocycles. The average Bonchev–Trinajstić information content (AvgIpc) is 2.97. The van der Waals surface area contributed by atoms with Crippen molar-refractivity contribution in [3.05, 3.63) is 45.4 Å². The summed E-state index contributed by atoms with van der Waals surface area (Å²) >= 11 is 0. The van der Waals surface area contributed by atoms with Crippen molar-refractivity contribution in [2.24, 2.45) is 0 Å². The van der Waals surface area contributed by atoms with Gasteiger partial charge in [-0.05, 0) is 20.3 Å². The normalized spacial score (nSPS) is 15.1. The van der Waals surface area contributed by atoms with Crippen LogP contribution in [0.5, 0.6) is 0 Å². The highest BCUT2D eigenvalue weighted by Crippen LogP contribution is 2.17. The predicted molar refractivity (Wildman–Crippen MR) is 89.3 cm³/mol. The highest BCUT2D eigenvalue weighted by Gasteiger charge is 2.21. The number of aryl methyl sites for hydroxylation is 1. The molecule has 3 rings (SSSR count). The number of aromatic amines is 1. The molecule has 2 aromatic rings. The molecule has 0 spiro atoms. The van der Waals surface area contributed by atoms with E-state index in [1.807, 2.05) is 10.9 Å². The molecule has 1 aliphatic rings. The van der Waals surface area contributed by atoms with Gasteiger partial charge in [-0.15, -0.1) is 0 Å². The molecule has 0 unspecified atom stereocenters. The van der Waals surface area contributed by atoms with Crippen LogP contribution in [0.15, 0.2) is 17.2 Å². The second kappa shape index (κ2) is 6.66. The van der Waals surface area contributed by atoms with E-state index in [2.05, 4.69) is 46.9 Å². The number of hydrogen-bond acceptors (Lipinski definition) is 4. The Morgan fingerprint density at radius 2 is 2.22 bits per heavy atom. The van der Waals surface area contributed by atoms with E-state index < -0.39 is 0 Å². The van der Waals surface area contributed by atoms with E-state index in [4.69, 9.17) is 0 Å². The molecule has 1 N–H and O–H groups in total. The fraction of sp³-hybridized carbons (Fsp3) is 0.588. The molecule has 0 atom stereocenters. The van der Waals surface area contributed by atoms with Gasteiger partial charge in [0.05, 0.1) is 17.5 Å².